The van der Waals surface area contributed by atoms with Gasteiger partial charge < -0.3 is 14.8 Å². The van der Waals surface area contributed by atoms with E-state index >= 15 is 0 Å². The number of benzene rings is 1. The molecule has 1 N–H and O–H groups in total. The van der Waals surface area contributed by atoms with Crippen molar-refractivity contribution < 1.29 is 19.1 Å². The van der Waals surface area contributed by atoms with Crippen LogP contribution in [0.15, 0.2) is 35.4 Å². The monoisotopic (exact) mass is 385 g/mol. The number of para-hydroxylation sites is 2. The number of pyridine rings is 1. The Kier molecular flexibility index (Phi) is 7.20. The Balaban J connectivity index is 2.11. The minimum atomic E-state index is -0.524. The summed E-state index contributed by atoms with van der Waals surface area (Å²) in [5.41, 5.74) is 1.47. The van der Waals surface area contributed by atoms with Gasteiger partial charge in [-0.05, 0) is 32.0 Å². The standard InChI is InChI=1S/C19H19N3O4S/c1-4-26-19(24)14-9-13(10-20)18(21-12(14)2)27-11-17(23)22-15-7-5-6-8-16(15)25-3/h5-9H,4,11H2,1-3H3,(H,22,23). The quantitative estimate of drug-likeness (QED) is 0.577. The Morgan fingerprint density at radius 2 is 2.07 bits per heavy atom. The van der Waals surface area contributed by atoms with Crippen LogP contribution in [0.4, 0.5) is 5.69 Å². The Bertz CT molecular complexity index is 893. The summed E-state index contributed by atoms with van der Waals surface area (Å²) < 4.78 is 10.2. The number of aromatic nitrogens is 1. The minimum absolute atomic E-state index is 0.0535. The van der Waals surface area contributed by atoms with Crippen LogP contribution in [-0.4, -0.2) is 36.3 Å². The second-order valence-electron chi connectivity index (χ2n) is 5.34. The van der Waals surface area contributed by atoms with E-state index in [-0.39, 0.29) is 29.4 Å². The summed E-state index contributed by atoms with van der Waals surface area (Å²) in [6, 6.07) is 10.5. The molecule has 0 aliphatic heterocycles. The molecule has 7 nitrogen and oxygen atoms in total. The van der Waals surface area contributed by atoms with Crippen molar-refractivity contribution in [1.29, 1.82) is 5.26 Å². The first-order chi connectivity index (χ1) is 13.0. The van der Waals surface area contributed by atoms with Gasteiger partial charge in [0.05, 0.1) is 42.0 Å². The SMILES string of the molecule is CCOC(=O)c1cc(C#N)c(SCC(=O)Nc2ccccc2OC)nc1C. The molecule has 1 amide bonds. The van der Waals surface area contributed by atoms with Crippen LogP contribution < -0.4 is 10.1 Å². The van der Waals surface area contributed by atoms with E-state index < -0.39 is 5.97 Å². The summed E-state index contributed by atoms with van der Waals surface area (Å²) in [5.74, 6) is -0.175. The molecule has 8 heteroatoms. The first-order valence-electron chi connectivity index (χ1n) is 8.14. The molecule has 2 aromatic rings. The van der Waals surface area contributed by atoms with Gasteiger partial charge in [0.2, 0.25) is 5.91 Å². The third-order valence-electron chi connectivity index (χ3n) is 3.51. The molecule has 0 spiro atoms. The number of nitrogens with one attached hydrogen (secondary N) is 1. The van der Waals surface area contributed by atoms with Gasteiger partial charge in [0.1, 0.15) is 16.8 Å². The molecular weight excluding hydrogens is 366 g/mol. The zero-order valence-electron chi connectivity index (χ0n) is 15.2. The first kappa shape index (κ1) is 20.3. The van der Waals surface area contributed by atoms with Crippen molar-refractivity contribution >= 4 is 29.3 Å². The second-order valence-corrected chi connectivity index (χ2v) is 6.31. The number of methoxy groups -OCH3 is 1. The normalized spacial score (nSPS) is 10.0. The highest BCUT2D eigenvalue weighted by atomic mass is 32.2. The van der Waals surface area contributed by atoms with E-state index in [1.54, 1.807) is 38.1 Å². The van der Waals surface area contributed by atoms with Gasteiger partial charge in [-0.1, -0.05) is 23.9 Å². The number of nitriles is 1. The van der Waals surface area contributed by atoms with Gasteiger partial charge in [0, 0.05) is 0 Å². The van der Waals surface area contributed by atoms with Crippen LogP contribution in [0.5, 0.6) is 5.75 Å². The van der Waals surface area contributed by atoms with Crippen molar-refractivity contribution in [2.75, 3.05) is 24.8 Å². The smallest absolute Gasteiger partial charge is 0.340 e. The van der Waals surface area contributed by atoms with Crippen LogP contribution in [0.1, 0.15) is 28.5 Å². The van der Waals surface area contributed by atoms with E-state index in [2.05, 4.69) is 10.3 Å². The van der Waals surface area contributed by atoms with Crippen LogP contribution in [0, 0.1) is 18.3 Å². The van der Waals surface area contributed by atoms with E-state index in [1.165, 1.54) is 13.2 Å². The number of nitrogens with zero attached hydrogens (tertiary/aromatic N) is 2. The molecule has 0 aliphatic rings. The second kappa shape index (κ2) is 9.59. The molecule has 0 bridgehead atoms. The lowest BCUT2D eigenvalue weighted by Crippen LogP contribution is -2.15. The molecule has 1 aromatic heterocycles. The number of amides is 1. The molecule has 2 rings (SSSR count). The molecule has 0 unspecified atom stereocenters. The highest BCUT2D eigenvalue weighted by Crippen LogP contribution is 2.26. The van der Waals surface area contributed by atoms with Crippen LogP contribution >= 0.6 is 11.8 Å². The van der Waals surface area contributed by atoms with Gasteiger partial charge in [-0.2, -0.15) is 5.26 Å². The molecular formula is C19H19N3O4S. The molecule has 1 heterocycles. The topological polar surface area (TPSA) is 101 Å². The number of thioether (sulfide) groups is 1. The van der Waals surface area contributed by atoms with Gasteiger partial charge >= 0.3 is 5.97 Å². The first-order valence-corrected chi connectivity index (χ1v) is 9.13. The third-order valence-corrected chi connectivity index (χ3v) is 4.51. The van der Waals surface area contributed by atoms with Gasteiger partial charge in [-0.15, -0.1) is 0 Å². The van der Waals surface area contributed by atoms with Crippen molar-refractivity contribution in [2.45, 2.75) is 18.9 Å². The summed E-state index contributed by atoms with van der Waals surface area (Å²) in [5, 5.41) is 12.5. The molecule has 1 aromatic carbocycles. The lowest BCUT2D eigenvalue weighted by atomic mass is 10.1. The zero-order valence-corrected chi connectivity index (χ0v) is 16.1. The van der Waals surface area contributed by atoms with E-state index in [0.29, 0.717) is 22.2 Å². The van der Waals surface area contributed by atoms with Gasteiger partial charge in [-0.25, -0.2) is 9.78 Å². The average Bonchev–Trinajstić information content (AvgIpc) is 2.67. The third kappa shape index (κ3) is 5.21. The summed E-state index contributed by atoms with van der Waals surface area (Å²) in [4.78, 5) is 28.4. The van der Waals surface area contributed by atoms with Crippen LogP contribution in [0.25, 0.3) is 0 Å². The van der Waals surface area contributed by atoms with Crippen molar-refractivity contribution in [2.24, 2.45) is 0 Å². The number of aryl methyl sites for hydroxylation is 1. The largest absolute Gasteiger partial charge is 0.495 e. The highest BCUT2D eigenvalue weighted by molar-refractivity contribution is 8.00. The molecule has 140 valence electrons. The van der Waals surface area contributed by atoms with E-state index in [9.17, 15) is 14.9 Å². The Labute approximate surface area is 161 Å². The number of carbonyl (C=O) groups excluding carboxylic acids is 2. The van der Waals surface area contributed by atoms with E-state index in [0.717, 1.165) is 11.8 Å². The Morgan fingerprint density at radius 3 is 2.74 bits per heavy atom. The minimum Gasteiger partial charge on any atom is -0.495 e. The lowest BCUT2D eigenvalue weighted by molar-refractivity contribution is -0.113. The number of rotatable bonds is 7. The fourth-order valence-corrected chi connectivity index (χ4v) is 3.06. The molecule has 0 atom stereocenters. The maximum absolute atomic E-state index is 12.2. The zero-order chi connectivity index (χ0) is 19.8. The van der Waals surface area contributed by atoms with Gasteiger partial charge in [-0.3, -0.25) is 4.79 Å². The molecule has 27 heavy (non-hydrogen) atoms. The molecule has 0 radical (unpaired) electrons. The van der Waals surface area contributed by atoms with Crippen molar-refractivity contribution in [3.05, 3.63) is 47.2 Å². The molecule has 0 aliphatic carbocycles. The number of carbonyl (C=O) groups is 2. The van der Waals surface area contributed by atoms with Crippen LogP contribution in [0.3, 0.4) is 0 Å². The van der Waals surface area contributed by atoms with Crippen molar-refractivity contribution in [3.8, 4) is 11.8 Å². The number of hydrogen-bond acceptors (Lipinski definition) is 7. The van der Waals surface area contributed by atoms with E-state index in [1.807, 2.05) is 6.07 Å². The summed E-state index contributed by atoms with van der Waals surface area (Å²) in [7, 11) is 1.52. The fraction of sp³-hybridized carbons (Fsp3) is 0.263. The van der Waals surface area contributed by atoms with Crippen LogP contribution in [0.2, 0.25) is 0 Å². The molecule has 0 saturated heterocycles. The predicted molar refractivity (Wildman–Crippen MR) is 102 cm³/mol. The number of esters is 1. The van der Waals surface area contributed by atoms with E-state index in [4.69, 9.17) is 9.47 Å². The van der Waals surface area contributed by atoms with Crippen molar-refractivity contribution in [3.63, 3.8) is 0 Å². The summed E-state index contributed by atoms with van der Waals surface area (Å²) in [6.07, 6.45) is 0. The lowest BCUT2D eigenvalue weighted by Gasteiger charge is -2.11. The number of anilines is 1. The molecule has 0 fully saturated rings. The summed E-state index contributed by atoms with van der Waals surface area (Å²) in [6.45, 7) is 3.60. The number of hydrogen-bond donors (Lipinski definition) is 1. The Morgan fingerprint density at radius 1 is 1.33 bits per heavy atom. The van der Waals surface area contributed by atoms with Gasteiger partial charge in [0.15, 0.2) is 0 Å². The molecule has 0 saturated carbocycles. The predicted octanol–water partition coefficient (Wildman–Crippen LogP) is 3.18. The maximum atomic E-state index is 12.2. The maximum Gasteiger partial charge on any atom is 0.340 e. The fourth-order valence-electron chi connectivity index (χ4n) is 2.26. The summed E-state index contributed by atoms with van der Waals surface area (Å²) >= 11 is 1.12. The van der Waals surface area contributed by atoms with Crippen molar-refractivity contribution in [1.82, 2.24) is 4.98 Å². The van der Waals surface area contributed by atoms with Gasteiger partial charge in [0.25, 0.3) is 0 Å². The van der Waals surface area contributed by atoms with Crippen LogP contribution in [-0.2, 0) is 9.53 Å². The Hall–Kier alpha value is -3.05. The number of ether oxygens (including phenoxy) is 2. The average molecular weight is 385 g/mol. The highest BCUT2D eigenvalue weighted by Gasteiger charge is 2.17.